The molecule has 10 heteroatoms. The normalized spacial score (nSPS) is 24.4. The van der Waals surface area contributed by atoms with Gasteiger partial charge in [-0.25, -0.2) is 8.42 Å². The van der Waals surface area contributed by atoms with Crippen LogP contribution in [-0.4, -0.2) is 104 Å². The Kier molecular flexibility index (Phi) is 9.66. The summed E-state index contributed by atoms with van der Waals surface area (Å²) in [7, 11) is 1.99. The molecular formula is C32H49N5O4S. The molecule has 0 spiro atoms. The molecule has 1 aliphatic carbocycles. The number of aromatic nitrogens is 1. The third-order valence-electron chi connectivity index (χ3n) is 9.83. The van der Waals surface area contributed by atoms with E-state index in [1.807, 2.05) is 44.1 Å². The molecule has 3 heterocycles. The van der Waals surface area contributed by atoms with E-state index in [4.69, 9.17) is 4.74 Å². The maximum absolute atomic E-state index is 14.2. The zero-order chi connectivity index (χ0) is 30.0. The van der Waals surface area contributed by atoms with Crippen molar-refractivity contribution in [2.24, 2.45) is 0 Å². The predicted molar refractivity (Wildman–Crippen MR) is 165 cm³/mol. The fourth-order valence-corrected chi connectivity index (χ4v) is 9.45. The summed E-state index contributed by atoms with van der Waals surface area (Å²) in [6.45, 7) is 9.15. The van der Waals surface area contributed by atoms with Crippen molar-refractivity contribution in [1.29, 1.82) is 0 Å². The van der Waals surface area contributed by atoms with Gasteiger partial charge >= 0.3 is 0 Å². The highest BCUT2D eigenvalue weighted by atomic mass is 32.2. The van der Waals surface area contributed by atoms with Crippen LogP contribution < -0.4 is 4.74 Å². The molecule has 1 unspecified atom stereocenters. The number of amides is 1. The molecule has 2 fully saturated rings. The van der Waals surface area contributed by atoms with E-state index in [1.54, 1.807) is 23.5 Å². The van der Waals surface area contributed by atoms with Gasteiger partial charge in [0.05, 0.1) is 18.0 Å². The van der Waals surface area contributed by atoms with Gasteiger partial charge in [-0.05, 0) is 94.8 Å². The standard InChI is InChI=1S/C32H49N5O4S/c1-24-21-28(41-5)22-25(2)32(24)42(39,40)37-20-19-36-14-8-12-29(36)30(37)11-7-13-31(38)34(4)26-9-6-10-27(23-26)35-17-15-33(3)16-18-35/h8,12,14,21-22,26-27,30H,6-7,9-11,13,15-20,23H2,1-5H3/t26-,27+,30?/m1/s1. The molecule has 0 bridgehead atoms. The van der Waals surface area contributed by atoms with E-state index in [2.05, 4.69) is 21.4 Å². The quantitative estimate of drug-likeness (QED) is 0.433. The Morgan fingerprint density at radius 1 is 1.05 bits per heavy atom. The summed E-state index contributed by atoms with van der Waals surface area (Å²) in [6, 6.07) is 8.11. The molecule has 1 amide bonds. The number of piperazine rings is 1. The van der Waals surface area contributed by atoms with E-state index >= 15 is 0 Å². The average molecular weight is 600 g/mol. The van der Waals surface area contributed by atoms with Crippen molar-refractivity contribution in [2.45, 2.75) is 88.4 Å². The SMILES string of the molecule is COc1cc(C)c(S(=O)(=O)N2CCn3cccc3C2CCCC(=O)N(C)[C@@H]2CCC[C@H](N3CCN(C)CC3)C2)c(C)c1. The van der Waals surface area contributed by atoms with Crippen molar-refractivity contribution in [1.82, 2.24) is 23.6 Å². The van der Waals surface area contributed by atoms with Crippen molar-refractivity contribution in [2.75, 3.05) is 53.9 Å². The van der Waals surface area contributed by atoms with Crippen LogP contribution in [0.15, 0.2) is 35.4 Å². The van der Waals surface area contributed by atoms with Gasteiger partial charge in [0.15, 0.2) is 0 Å². The van der Waals surface area contributed by atoms with Crippen LogP contribution in [0.4, 0.5) is 0 Å². The van der Waals surface area contributed by atoms with Crippen LogP contribution >= 0.6 is 0 Å². The first-order valence-corrected chi connectivity index (χ1v) is 17.0. The number of ether oxygens (including phenoxy) is 1. The number of carbonyl (C=O) groups is 1. The van der Waals surface area contributed by atoms with Crippen molar-refractivity contribution in [3.63, 3.8) is 0 Å². The van der Waals surface area contributed by atoms with Crippen molar-refractivity contribution >= 4 is 15.9 Å². The lowest BCUT2D eigenvalue weighted by atomic mass is 9.88. The minimum atomic E-state index is -3.76. The highest BCUT2D eigenvalue weighted by Gasteiger charge is 2.38. The van der Waals surface area contributed by atoms with Gasteiger partial charge in [-0.1, -0.05) is 0 Å². The number of aryl methyl sites for hydroxylation is 2. The molecule has 2 aliphatic heterocycles. The fraction of sp³-hybridized carbons (Fsp3) is 0.656. The zero-order valence-corrected chi connectivity index (χ0v) is 26.9. The third-order valence-corrected chi connectivity index (χ3v) is 12.0. The Bertz CT molecular complexity index is 1330. The first kappa shape index (κ1) is 31.0. The average Bonchev–Trinajstić information content (AvgIpc) is 3.46. The summed E-state index contributed by atoms with van der Waals surface area (Å²) in [5.74, 6) is 0.824. The van der Waals surface area contributed by atoms with Crippen LogP contribution in [-0.2, 0) is 21.4 Å². The van der Waals surface area contributed by atoms with E-state index in [1.165, 1.54) is 6.42 Å². The number of benzene rings is 1. The molecule has 1 aromatic heterocycles. The maximum atomic E-state index is 14.2. The first-order chi connectivity index (χ1) is 20.1. The second-order valence-electron chi connectivity index (χ2n) is 12.6. The van der Waals surface area contributed by atoms with Crippen LogP contribution in [0, 0.1) is 13.8 Å². The lowest BCUT2D eigenvalue weighted by Gasteiger charge is -2.43. The fourth-order valence-electron chi connectivity index (χ4n) is 7.41. The van der Waals surface area contributed by atoms with E-state index in [-0.39, 0.29) is 18.0 Å². The number of hydrogen-bond acceptors (Lipinski definition) is 6. The summed E-state index contributed by atoms with van der Waals surface area (Å²) in [5, 5.41) is 0. The van der Waals surface area contributed by atoms with Gasteiger partial charge in [0.25, 0.3) is 0 Å². The summed E-state index contributed by atoms with van der Waals surface area (Å²) in [5.41, 5.74) is 2.37. The second-order valence-corrected chi connectivity index (χ2v) is 14.4. The molecule has 3 aliphatic rings. The van der Waals surface area contributed by atoms with Gasteiger partial charge in [-0.2, -0.15) is 4.31 Å². The summed E-state index contributed by atoms with van der Waals surface area (Å²) in [6.07, 6.45) is 8.19. The topological polar surface area (TPSA) is 78.3 Å². The zero-order valence-electron chi connectivity index (χ0n) is 26.1. The predicted octanol–water partition coefficient (Wildman–Crippen LogP) is 4.05. The van der Waals surface area contributed by atoms with Crippen LogP contribution in [0.2, 0.25) is 0 Å². The van der Waals surface area contributed by atoms with E-state index in [0.717, 1.165) is 51.1 Å². The van der Waals surface area contributed by atoms with Crippen LogP contribution in [0.25, 0.3) is 0 Å². The van der Waals surface area contributed by atoms with Crippen molar-refractivity contribution < 1.29 is 17.9 Å². The van der Waals surface area contributed by atoms with Gasteiger partial charge in [0.1, 0.15) is 5.75 Å². The Hall–Kier alpha value is -2.40. The molecule has 1 aromatic carbocycles. The van der Waals surface area contributed by atoms with Gasteiger partial charge in [-0.15, -0.1) is 0 Å². The van der Waals surface area contributed by atoms with E-state index in [9.17, 15) is 13.2 Å². The highest BCUT2D eigenvalue weighted by Crippen LogP contribution is 2.38. The number of likely N-dealkylation sites (N-methyl/N-ethyl adjacent to an activating group) is 1. The number of fused-ring (bicyclic) bond motifs is 1. The third kappa shape index (κ3) is 6.42. The first-order valence-electron chi connectivity index (χ1n) is 15.6. The number of nitrogens with zero attached hydrogens (tertiary/aromatic N) is 5. The van der Waals surface area contributed by atoms with Crippen LogP contribution in [0.3, 0.4) is 0 Å². The van der Waals surface area contributed by atoms with Crippen LogP contribution in [0.5, 0.6) is 5.75 Å². The molecular weight excluding hydrogens is 550 g/mol. The summed E-state index contributed by atoms with van der Waals surface area (Å²) < 4.78 is 37.5. The maximum Gasteiger partial charge on any atom is 0.244 e. The number of methoxy groups -OCH3 is 1. The van der Waals surface area contributed by atoms with E-state index in [0.29, 0.717) is 60.2 Å². The Morgan fingerprint density at radius 2 is 1.76 bits per heavy atom. The van der Waals surface area contributed by atoms with Gasteiger partial charge < -0.3 is 19.1 Å². The molecule has 42 heavy (non-hydrogen) atoms. The number of rotatable bonds is 9. The molecule has 2 aromatic rings. The molecule has 232 valence electrons. The Morgan fingerprint density at radius 3 is 2.45 bits per heavy atom. The Labute approximate surface area is 252 Å². The lowest BCUT2D eigenvalue weighted by Crippen LogP contribution is -2.52. The van der Waals surface area contributed by atoms with Gasteiger partial charge in [-0.3, -0.25) is 9.69 Å². The minimum absolute atomic E-state index is 0.168. The van der Waals surface area contributed by atoms with Crippen LogP contribution in [0.1, 0.15) is 67.8 Å². The lowest BCUT2D eigenvalue weighted by molar-refractivity contribution is -0.133. The van der Waals surface area contributed by atoms with Gasteiger partial charge in [0, 0.05) is 76.7 Å². The molecule has 3 atom stereocenters. The van der Waals surface area contributed by atoms with E-state index < -0.39 is 10.0 Å². The van der Waals surface area contributed by atoms with Gasteiger partial charge in [0.2, 0.25) is 15.9 Å². The van der Waals surface area contributed by atoms with Crippen molar-refractivity contribution in [3.8, 4) is 5.75 Å². The smallest absolute Gasteiger partial charge is 0.244 e. The largest absolute Gasteiger partial charge is 0.497 e. The number of sulfonamides is 1. The molecule has 1 saturated carbocycles. The number of hydrogen-bond donors (Lipinski definition) is 0. The molecule has 9 nitrogen and oxygen atoms in total. The highest BCUT2D eigenvalue weighted by molar-refractivity contribution is 7.89. The number of carbonyl (C=O) groups excluding carboxylic acids is 1. The molecule has 1 saturated heterocycles. The molecule has 0 N–H and O–H groups in total. The molecule has 0 radical (unpaired) electrons. The van der Waals surface area contributed by atoms with Crippen molar-refractivity contribution in [3.05, 3.63) is 47.3 Å². The Balaban J connectivity index is 1.25. The monoisotopic (exact) mass is 599 g/mol. The second kappa shape index (κ2) is 13.1. The molecule has 5 rings (SSSR count). The summed E-state index contributed by atoms with van der Waals surface area (Å²) >= 11 is 0. The minimum Gasteiger partial charge on any atom is -0.497 e. The summed E-state index contributed by atoms with van der Waals surface area (Å²) in [4.78, 5) is 20.8.